The molecule has 0 amide bonds. The number of nitrogen functional groups attached to an aromatic ring is 1. The van der Waals surface area contributed by atoms with Gasteiger partial charge in [-0.15, -0.1) is 0 Å². The summed E-state index contributed by atoms with van der Waals surface area (Å²) in [6.07, 6.45) is 3.14. The third kappa shape index (κ3) is 2.13. The summed E-state index contributed by atoms with van der Waals surface area (Å²) >= 11 is 0. The lowest BCUT2D eigenvalue weighted by Crippen LogP contribution is -1.98. The summed E-state index contributed by atoms with van der Waals surface area (Å²) in [4.78, 5) is 8.21. The standard InChI is InChI=1S/C12H13N3O2/c1-16-8-3-4-9(10(7-8)17-2)11-12(13)15-6-5-14-11/h3-7H,1-2H3,(H2,13,15). The largest absolute Gasteiger partial charge is 0.497 e. The lowest BCUT2D eigenvalue weighted by Gasteiger charge is -2.10. The Morgan fingerprint density at radius 3 is 2.47 bits per heavy atom. The smallest absolute Gasteiger partial charge is 0.150 e. The molecule has 0 aliphatic carbocycles. The van der Waals surface area contributed by atoms with Crippen LogP contribution in [0, 0.1) is 0 Å². The lowest BCUT2D eigenvalue weighted by molar-refractivity contribution is 0.395. The van der Waals surface area contributed by atoms with Gasteiger partial charge in [0, 0.05) is 24.0 Å². The third-order valence-electron chi connectivity index (χ3n) is 2.39. The van der Waals surface area contributed by atoms with Crippen molar-refractivity contribution in [2.75, 3.05) is 20.0 Å². The molecule has 0 unspecified atom stereocenters. The zero-order valence-corrected chi connectivity index (χ0v) is 9.68. The van der Waals surface area contributed by atoms with Crippen LogP contribution in [0.25, 0.3) is 11.3 Å². The van der Waals surface area contributed by atoms with Gasteiger partial charge in [0.25, 0.3) is 0 Å². The fraction of sp³-hybridized carbons (Fsp3) is 0.167. The molecule has 0 bridgehead atoms. The molecule has 1 aromatic heterocycles. The summed E-state index contributed by atoms with van der Waals surface area (Å²) in [6.45, 7) is 0. The summed E-state index contributed by atoms with van der Waals surface area (Å²) < 4.78 is 10.4. The van der Waals surface area contributed by atoms with E-state index in [9.17, 15) is 0 Å². The van der Waals surface area contributed by atoms with E-state index >= 15 is 0 Å². The van der Waals surface area contributed by atoms with Gasteiger partial charge >= 0.3 is 0 Å². The highest BCUT2D eigenvalue weighted by atomic mass is 16.5. The molecule has 2 rings (SSSR count). The second kappa shape index (κ2) is 4.69. The molecule has 0 saturated carbocycles. The van der Waals surface area contributed by atoms with Crippen molar-refractivity contribution in [3.8, 4) is 22.8 Å². The summed E-state index contributed by atoms with van der Waals surface area (Å²) in [5.41, 5.74) is 7.18. The van der Waals surface area contributed by atoms with E-state index in [4.69, 9.17) is 15.2 Å². The van der Waals surface area contributed by atoms with E-state index in [1.165, 1.54) is 0 Å². The minimum atomic E-state index is 0.371. The van der Waals surface area contributed by atoms with E-state index in [-0.39, 0.29) is 0 Å². The molecular formula is C12H13N3O2. The van der Waals surface area contributed by atoms with E-state index in [0.717, 1.165) is 5.56 Å². The molecule has 0 saturated heterocycles. The monoisotopic (exact) mass is 231 g/mol. The lowest BCUT2D eigenvalue weighted by atomic mass is 10.1. The number of nitrogens with zero attached hydrogens (tertiary/aromatic N) is 2. The fourth-order valence-electron chi connectivity index (χ4n) is 1.55. The zero-order chi connectivity index (χ0) is 12.3. The van der Waals surface area contributed by atoms with Crippen molar-refractivity contribution in [1.29, 1.82) is 0 Å². The first kappa shape index (κ1) is 11.2. The molecule has 5 nitrogen and oxygen atoms in total. The zero-order valence-electron chi connectivity index (χ0n) is 9.68. The first-order valence-corrected chi connectivity index (χ1v) is 5.05. The Kier molecular flexibility index (Phi) is 3.09. The highest BCUT2D eigenvalue weighted by molar-refractivity contribution is 5.75. The van der Waals surface area contributed by atoms with Crippen molar-refractivity contribution >= 4 is 5.82 Å². The Hall–Kier alpha value is -2.30. The second-order valence-electron chi connectivity index (χ2n) is 3.36. The topological polar surface area (TPSA) is 70.3 Å². The van der Waals surface area contributed by atoms with Gasteiger partial charge < -0.3 is 15.2 Å². The van der Waals surface area contributed by atoms with Crippen LogP contribution in [-0.2, 0) is 0 Å². The van der Waals surface area contributed by atoms with Crippen LogP contribution in [0.1, 0.15) is 0 Å². The number of anilines is 1. The number of benzene rings is 1. The maximum Gasteiger partial charge on any atom is 0.150 e. The Morgan fingerprint density at radius 1 is 1.06 bits per heavy atom. The molecule has 88 valence electrons. The Bertz CT molecular complexity index is 529. The average molecular weight is 231 g/mol. The van der Waals surface area contributed by atoms with Crippen molar-refractivity contribution in [2.24, 2.45) is 0 Å². The first-order chi connectivity index (χ1) is 8.26. The summed E-state index contributed by atoms with van der Waals surface area (Å²) in [7, 11) is 3.19. The van der Waals surface area contributed by atoms with E-state index in [2.05, 4.69) is 9.97 Å². The molecular weight excluding hydrogens is 218 g/mol. The van der Waals surface area contributed by atoms with E-state index in [1.807, 2.05) is 12.1 Å². The Balaban J connectivity index is 2.56. The fourth-order valence-corrected chi connectivity index (χ4v) is 1.55. The predicted octanol–water partition coefficient (Wildman–Crippen LogP) is 1.74. The van der Waals surface area contributed by atoms with Crippen LogP contribution < -0.4 is 15.2 Å². The van der Waals surface area contributed by atoms with Crippen LogP contribution in [0.15, 0.2) is 30.6 Å². The van der Waals surface area contributed by atoms with Gasteiger partial charge in [-0.3, -0.25) is 4.98 Å². The number of methoxy groups -OCH3 is 2. The third-order valence-corrected chi connectivity index (χ3v) is 2.39. The van der Waals surface area contributed by atoms with Gasteiger partial charge in [0.2, 0.25) is 0 Å². The Morgan fingerprint density at radius 2 is 1.82 bits per heavy atom. The van der Waals surface area contributed by atoms with Crippen LogP contribution in [0.5, 0.6) is 11.5 Å². The van der Waals surface area contributed by atoms with Crippen LogP contribution >= 0.6 is 0 Å². The van der Waals surface area contributed by atoms with Gasteiger partial charge in [-0.25, -0.2) is 4.98 Å². The minimum Gasteiger partial charge on any atom is -0.497 e. The van der Waals surface area contributed by atoms with Crippen molar-refractivity contribution in [3.63, 3.8) is 0 Å². The first-order valence-electron chi connectivity index (χ1n) is 5.05. The van der Waals surface area contributed by atoms with Gasteiger partial charge in [-0.2, -0.15) is 0 Å². The Labute approximate surface area is 99.2 Å². The van der Waals surface area contributed by atoms with Gasteiger partial charge in [0.1, 0.15) is 23.0 Å². The molecule has 1 heterocycles. The van der Waals surface area contributed by atoms with E-state index < -0.39 is 0 Å². The average Bonchev–Trinajstić information content (AvgIpc) is 2.38. The summed E-state index contributed by atoms with van der Waals surface area (Å²) in [5, 5.41) is 0. The number of rotatable bonds is 3. The molecule has 0 atom stereocenters. The summed E-state index contributed by atoms with van der Waals surface area (Å²) in [6, 6.07) is 5.45. The maximum absolute atomic E-state index is 5.79. The van der Waals surface area contributed by atoms with E-state index in [1.54, 1.807) is 32.7 Å². The molecule has 0 aliphatic heterocycles. The van der Waals surface area contributed by atoms with Gasteiger partial charge in [-0.05, 0) is 12.1 Å². The predicted molar refractivity (Wildman–Crippen MR) is 65.0 cm³/mol. The normalized spacial score (nSPS) is 10.0. The van der Waals surface area contributed by atoms with Crippen LogP contribution in [0.2, 0.25) is 0 Å². The molecule has 5 heteroatoms. The number of nitrogens with two attached hydrogens (primary N) is 1. The molecule has 0 aliphatic rings. The van der Waals surface area contributed by atoms with Crippen molar-refractivity contribution < 1.29 is 9.47 Å². The second-order valence-corrected chi connectivity index (χ2v) is 3.36. The highest BCUT2D eigenvalue weighted by Crippen LogP contribution is 2.33. The highest BCUT2D eigenvalue weighted by Gasteiger charge is 2.11. The van der Waals surface area contributed by atoms with Crippen LogP contribution in [0.3, 0.4) is 0 Å². The number of hydrogen-bond donors (Lipinski definition) is 1. The van der Waals surface area contributed by atoms with Gasteiger partial charge in [0.15, 0.2) is 0 Å². The van der Waals surface area contributed by atoms with Crippen LogP contribution in [0.4, 0.5) is 5.82 Å². The summed E-state index contributed by atoms with van der Waals surface area (Å²) in [5.74, 6) is 1.74. The number of ether oxygens (including phenoxy) is 2. The van der Waals surface area contributed by atoms with Crippen molar-refractivity contribution in [2.45, 2.75) is 0 Å². The van der Waals surface area contributed by atoms with E-state index in [0.29, 0.717) is 23.0 Å². The SMILES string of the molecule is COc1ccc(-c2nccnc2N)c(OC)c1. The molecule has 1 aromatic carbocycles. The molecule has 2 aromatic rings. The molecule has 17 heavy (non-hydrogen) atoms. The number of aromatic nitrogens is 2. The molecule has 0 spiro atoms. The van der Waals surface area contributed by atoms with Gasteiger partial charge in [-0.1, -0.05) is 0 Å². The van der Waals surface area contributed by atoms with Gasteiger partial charge in [0.05, 0.1) is 14.2 Å². The quantitative estimate of drug-likeness (QED) is 0.871. The van der Waals surface area contributed by atoms with Crippen LogP contribution in [-0.4, -0.2) is 24.2 Å². The maximum atomic E-state index is 5.79. The molecule has 0 radical (unpaired) electrons. The molecule has 0 fully saturated rings. The van der Waals surface area contributed by atoms with Crippen molar-refractivity contribution in [1.82, 2.24) is 9.97 Å². The minimum absolute atomic E-state index is 0.371. The van der Waals surface area contributed by atoms with Crippen molar-refractivity contribution in [3.05, 3.63) is 30.6 Å². The molecule has 2 N–H and O–H groups in total. The number of hydrogen-bond acceptors (Lipinski definition) is 5.